The molecule has 0 radical (unpaired) electrons. The molecule has 0 aliphatic carbocycles. The van der Waals surface area contributed by atoms with Crippen LogP contribution in [0.1, 0.15) is 41.2 Å². The summed E-state index contributed by atoms with van der Waals surface area (Å²) < 4.78 is 28.7. The number of hydrogen-bond acceptors (Lipinski definition) is 9. The standard InChI is InChI=1S/C25H30N2O8/c1-12-6-8-16(27-12)23(30)34-21-19(29)24(35-25(3,4)22(21)31-5)32-17-9-7-15-14(11-26)10-18(28)33-20(15)13(17)2/h6-10,19,21-22,24,27,29H,11,26H2,1-5H3/t19-,21+,22-,24-/m1/s1. The largest absolute Gasteiger partial charge is 0.462 e. The van der Waals surface area contributed by atoms with Crippen molar-refractivity contribution in [2.75, 3.05) is 7.11 Å². The highest BCUT2D eigenvalue weighted by Crippen LogP contribution is 2.36. The molecule has 188 valence electrons. The number of carbonyl (C=O) groups is 1. The van der Waals surface area contributed by atoms with E-state index in [1.165, 1.54) is 13.2 Å². The molecule has 1 aliphatic heterocycles. The van der Waals surface area contributed by atoms with Crippen molar-refractivity contribution < 1.29 is 33.3 Å². The second-order valence-corrected chi connectivity index (χ2v) is 9.14. The number of hydrogen-bond donors (Lipinski definition) is 3. The molecule has 10 nitrogen and oxygen atoms in total. The summed E-state index contributed by atoms with van der Waals surface area (Å²) >= 11 is 0. The fourth-order valence-electron chi connectivity index (χ4n) is 4.45. The number of methoxy groups -OCH3 is 1. The van der Waals surface area contributed by atoms with Crippen molar-refractivity contribution in [1.82, 2.24) is 4.98 Å². The van der Waals surface area contributed by atoms with Gasteiger partial charge in [0, 0.05) is 36.4 Å². The average Bonchev–Trinajstić information content (AvgIpc) is 3.24. The van der Waals surface area contributed by atoms with Crippen LogP contribution in [0.5, 0.6) is 5.75 Å². The molecule has 1 aliphatic rings. The van der Waals surface area contributed by atoms with E-state index in [-0.39, 0.29) is 12.2 Å². The predicted molar refractivity (Wildman–Crippen MR) is 126 cm³/mol. The number of fused-ring (bicyclic) bond motifs is 1. The number of carbonyl (C=O) groups excluding carboxylic acids is 1. The minimum absolute atomic E-state index is 0.173. The van der Waals surface area contributed by atoms with Crippen molar-refractivity contribution in [3.8, 4) is 5.75 Å². The third kappa shape index (κ3) is 4.70. The lowest BCUT2D eigenvalue weighted by molar-refractivity contribution is -0.305. The third-order valence-corrected chi connectivity index (χ3v) is 6.23. The van der Waals surface area contributed by atoms with Crippen molar-refractivity contribution in [3.05, 3.63) is 63.3 Å². The lowest BCUT2D eigenvalue weighted by Gasteiger charge is -2.47. The van der Waals surface area contributed by atoms with Crippen molar-refractivity contribution >= 4 is 16.9 Å². The van der Waals surface area contributed by atoms with Crippen LogP contribution < -0.4 is 16.1 Å². The fourth-order valence-corrected chi connectivity index (χ4v) is 4.45. The van der Waals surface area contributed by atoms with Gasteiger partial charge in [-0.15, -0.1) is 0 Å². The molecule has 1 aromatic carbocycles. The van der Waals surface area contributed by atoms with E-state index >= 15 is 0 Å². The van der Waals surface area contributed by atoms with E-state index in [0.29, 0.717) is 27.8 Å². The van der Waals surface area contributed by atoms with Crippen LogP contribution in [0.2, 0.25) is 0 Å². The van der Waals surface area contributed by atoms with Gasteiger partial charge in [0.25, 0.3) is 0 Å². The van der Waals surface area contributed by atoms with Crippen LogP contribution in [0.3, 0.4) is 0 Å². The first-order valence-electron chi connectivity index (χ1n) is 11.2. The number of benzene rings is 1. The van der Waals surface area contributed by atoms with Gasteiger partial charge in [-0.2, -0.15) is 0 Å². The van der Waals surface area contributed by atoms with Gasteiger partial charge in [-0.3, -0.25) is 0 Å². The SMILES string of the molecule is CO[C@@H]1[C@@H](OC(=O)c2ccc(C)[nH]2)[C@@H](O)[C@H](Oc2ccc3c(CN)cc(=O)oc3c2C)OC1(C)C. The molecule has 3 aromatic rings. The number of ether oxygens (including phenoxy) is 4. The summed E-state index contributed by atoms with van der Waals surface area (Å²) in [4.78, 5) is 27.7. The van der Waals surface area contributed by atoms with Gasteiger partial charge >= 0.3 is 11.6 Å². The van der Waals surface area contributed by atoms with Gasteiger partial charge in [0.15, 0.2) is 12.2 Å². The normalized spacial score (nSPS) is 23.9. The molecule has 0 spiro atoms. The van der Waals surface area contributed by atoms with Gasteiger partial charge in [0.05, 0.1) is 5.60 Å². The van der Waals surface area contributed by atoms with E-state index in [9.17, 15) is 14.7 Å². The monoisotopic (exact) mass is 486 g/mol. The molecule has 1 fully saturated rings. The zero-order valence-electron chi connectivity index (χ0n) is 20.3. The van der Waals surface area contributed by atoms with E-state index in [0.717, 1.165) is 5.69 Å². The zero-order chi connectivity index (χ0) is 25.5. The molecule has 3 heterocycles. The smallest absolute Gasteiger partial charge is 0.355 e. The number of aromatic nitrogens is 1. The quantitative estimate of drug-likeness (QED) is 0.353. The van der Waals surface area contributed by atoms with E-state index in [2.05, 4.69) is 4.98 Å². The Bertz CT molecular complexity index is 1290. The van der Waals surface area contributed by atoms with Gasteiger partial charge in [0.2, 0.25) is 6.29 Å². The van der Waals surface area contributed by atoms with Crippen LogP contribution in [0, 0.1) is 13.8 Å². The molecule has 35 heavy (non-hydrogen) atoms. The second-order valence-electron chi connectivity index (χ2n) is 9.14. The molecule has 1 saturated heterocycles. The van der Waals surface area contributed by atoms with Gasteiger partial charge in [-0.25, -0.2) is 9.59 Å². The Morgan fingerprint density at radius 1 is 1.23 bits per heavy atom. The van der Waals surface area contributed by atoms with E-state index < -0.39 is 41.8 Å². The number of aliphatic hydroxyl groups excluding tert-OH is 1. The maximum absolute atomic E-state index is 12.7. The summed E-state index contributed by atoms with van der Waals surface area (Å²) in [6.45, 7) is 7.22. The molecule has 4 rings (SSSR count). The number of esters is 1. The van der Waals surface area contributed by atoms with Crippen LogP contribution in [0.15, 0.2) is 39.5 Å². The molecule has 0 amide bonds. The van der Waals surface area contributed by atoms with Gasteiger partial charge < -0.3 is 39.2 Å². The molecule has 0 saturated carbocycles. The molecular formula is C25H30N2O8. The average molecular weight is 487 g/mol. The number of aryl methyl sites for hydroxylation is 2. The summed E-state index contributed by atoms with van der Waals surface area (Å²) in [5.41, 5.74) is 6.83. The number of nitrogens with one attached hydrogen (secondary N) is 1. The molecule has 4 atom stereocenters. The van der Waals surface area contributed by atoms with Gasteiger partial charge in [-0.05, 0) is 57.5 Å². The Labute approximate surface area is 201 Å². The maximum Gasteiger partial charge on any atom is 0.355 e. The molecule has 0 unspecified atom stereocenters. The second kappa shape index (κ2) is 9.46. The summed E-state index contributed by atoms with van der Waals surface area (Å²) in [6.07, 6.45) is -4.46. The first-order valence-corrected chi connectivity index (χ1v) is 11.2. The third-order valence-electron chi connectivity index (χ3n) is 6.23. The molecule has 2 aromatic heterocycles. The number of nitrogens with two attached hydrogens (primary N) is 1. The van der Waals surface area contributed by atoms with Gasteiger partial charge in [-0.1, -0.05) is 0 Å². The zero-order valence-corrected chi connectivity index (χ0v) is 20.3. The van der Waals surface area contributed by atoms with Crippen LogP contribution in [0.25, 0.3) is 11.0 Å². The van der Waals surface area contributed by atoms with Crippen LogP contribution >= 0.6 is 0 Å². The Hall–Kier alpha value is -3.18. The maximum atomic E-state index is 12.7. The van der Waals surface area contributed by atoms with Crippen molar-refractivity contribution in [2.45, 2.75) is 64.4 Å². The minimum atomic E-state index is -1.38. The lowest BCUT2D eigenvalue weighted by Crippen LogP contribution is -2.65. The minimum Gasteiger partial charge on any atom is -0.462 e. The Balaban J connectivity index is 1.65. The summed E-state index contributed by atoms with van der Waals surface area (Å²) in [7, 11) is 1.45. The number of aliphatic hydroxyl groups is 1. The summed E-state index contributed by atoms with van der Waals surface area (Å²) in [5, 5.41) is 11.8. The Morgan fingerprint density at radius 3 is 2.60 bits per heavy atom. The number of aromatic amines is 1. The van der Waals surface area contributed by atoms with Crippen molar-refractivity contribution in [1.29, 1.82) is 0 Å². The molecule has 10 heteroatoms. The van der Waals surface area contributed by atoms with E-state index in [4.69, 9.17) is 29.1 Å². The number of H-pyrrole nitrogens is 1. The lowest BCUT2D eigenvalue weighted by atomic mass is 9.89. The topological polar surface area (TPSA) is 146 Å². The highest BCUT2D eigenvalue weighted by atomic mass is 16.7. The van der Waals surface area contributed by atoms with Crippen LogP contribution in [0.4, 0.5) is 0 Å². The highest BCUT2D eigenvalue weighted by molar-refractivity contribution is 5.87. The molecular weight excluding hydrogens is 456 g/mol. The van der Waals surface area contributed by atoms with Crippen LogP contribution in [-0.2, 0) is 20.8 Å². The fraction of sp³-hybridized carbons (Fsp3) is 0.440. The molecule has 0 bridgehead atoms. The first-order chi connectivity index (χ1) is 16.6. The Kier molecular flexibility index (Phi) is 6.74. The highest BCUT2D eigenvalue weighted by Gasteiger charge is 2.53. The van der Waals surface area contributed by atoms with E-state index in [1.54, 1.807) is 45.0 Å². The first kappa shape index (κ1) is 24.9. The summed E-state index contributed by atoms with van der Waals surface area (Å²) in [6, 6.07) is 8.12. The predicted octanol–water partition coefficient (Wildman–Crippen LogP) is 2.31. The van der Waals surface area contributed by atoms with Crippen LogP contribution in [-0.4, -0.2) is 53.4 Å². The van der Waals surface area contributed by atoms with E-state index in [1.807, 2.05) is 6.92 Å². The van der Waals surface area contributed by atoms with Gasteiger partial charge in [0.1, 0.15) is 23.1 Å². The Morgan fingerprint density at radius 2 is 1.97 bits per heavy atom. The summed E-state index contributed by atoms with van der Waals surface area (Å²) in [5.74, 6) is -0.311. The van der Waals surface area contributed by atoms with Crippen molar-refractivity contribution in [3.63, 3.8) is 0 Å². The number of rotatable bonds is 6. The molecule has 4 N–H and O–H groups in total. The van der Waals surface area contributed by atoms with Crippen molar-refractivity contribution in [2.24, 2.45) is 5.73 Å².